The summed E-state index contributed by atoms with van der Waals surface area (Å²) in [6.07, 6.45) is 0. The number of ether oxygens (including phenoxy) is 1. The van der Waals surface area contributed by atoms with E-state index in [1.807, 2.05) is 6.07 Å². The Hall–Kier alpha value is -2.38. The number of nitrogens with zero attached hydrogens (tertiary/aromatic N) is 1. The molecule has 0 heterocycles. The summed E-state index contributed by atoms with van der Waals surface area (Å²) in [7, 11) is 0. The van der Waals surface area contributed by atoms with Crippen LogP contribution in [0.25, 0.3) is 0 Å². The van der Waals surface area contributed by atoms with Gasteiger partial charge < -0.3 is 10.5 Å². The predicted octanol–water partition coefficient (Wildman–Crippen LogP) is 3.51. The molecule has 0 saturated carbocycles. The first-order chi connectivity index (χ1) is 9.10. The minimum Gasteiger partial charge on any atom is -0.457 e. The van der Waals surface area contributed by atoms with Crippen LogP contribution in [0.2, 0.25) is 0 Å². The van der Waals surface area contributed by atoms with Crippen molar-refractivity contribution in [2.45, 2.75) is 13.0 Å². The van der Waals surface area contributed by atoms with Gasteiger partial charge in [0, 0.05) is 11.6 Å². The maximum atomic E-state index is 13.2. The monoisotopic (exact) mass is 256 g/mol. The average Bonchev–Trinajstić information content (AvgIpc) is 2.41. The van der Waals surface area contributed by atoms with Gasteiger partial charge in [-0.25, -0.2) is 4.39 Å². The highest BCUT2D eigenvalue weighted by Crippen LogP contribution is 2.29. The lowest BCUT2D eigenvalue weighted by atomic mass is 10.1. The fraction of sp³-hybridized carbons (Fsp3) is 0.133. The fourth-order valence-electron chi connectivity index (χ4n) is 1.69. The van der Waals surface area contributed by atoms with Gasteiger partial charge >= 0.3 is 0 Å². The Bertz CT molecular complexity index is 615. The van der Waals surface area contributed by atoms with Crippen LogP contribution < -0.4 is 10.5 Å². The van der Waals surface area contributed by atoms with Crippen LogP contribution in [-0.2, 0) is 0 Å². The summed E-state index contributed by atoms with van der Waals surface area (Å²) in [4.78, 5) is 0. The lowest BCUT2D eigenvalue weighted by Gasteiger charge is -2.13. The molecular weight excluding hydrogens is 243 g/mol. The highest BCUT2D eigenvalue weighted by Gasteiger charge is 2.10. The van der Waals surface area contributed by atoms with Gasteiger partial charge in [0.05, 0.1) is 11.6 Å². The molecule has 0 radical (unpaired) electrons. The largest absolute Gasteiger partial charge is 0.457 e. The summed E-state index contributed by atoms with van der Waals surface area (Å²) >= 11 is 0. The van der Waals surface area contributed by atoms with Gasteiger partial charge in [-0.15, -0.1) is 0 Å². The van der Waals surface area contributed by atoms with Crippen molar-refractivity contribution in [3.05, 3.63) is 59.4 Å². The summed E-state index contributed by atoms with van der Waals surface area (Å²) in [5.74, 6) is 0.744. The number of hydrogen-bond donors (Lipinski definition) is 1. The summed E-state index contributed by atoms with van der Waals surface area (Å²) in [6, 6.07) is 12.6. The van der Waals surface area contributed by atoms with E-state index in [0.717, 1.165) is 0 Å². The van der Waals surface area contributed by atoms with Crippen molar-refractivity contribution in [3.63, 3.8) is 0 Å². The second-order valence-electron chi connectivity index (χ2n) is 4.21. The maximum absolute atomic E-state index is 13.2. The number of nitrogens with two attached hydrogens (primary N) is 1. The molecule has 0 aliphatic heterocycles. The van der Waals surface area contributed by atoms with Crippen LogP contribution in [-0.4, -0.2) is 0 Å². The lowest BCUT2D eigenvalue weighted by molar-refractivity contribution is 0.469. The molecule has 0 spiro atoms. The molecule has 2 rings (SSSR count). The topological polar surface area (TPSA) is 59.0 Å². The van der Waals surface area contributed by atoms with Crippen LogP contribution in [0.3, 0.4) is 0 Å². The van der Waals surface area contributed by atoms with Crippen LogP contribution in [0.4, 0.5) is 4.39 Å². The molecular formula is C15H13FN2O. The van der Waals surface area contributed by atoms with Crippen molar-refractivity contribution in [3.8, 4) is 17.6 Å². The third kappa shape index (κ3) is 3.09. The Kier molecular flexibility index (Phi) is 3.79. The maximum Gasteiger partial charge on any atom is 0.132 e. The van der Waals surface area contributed by atoms with Gasteiger partial charge in [0.2, 0.25) is 0 Å². The van der Waals surface area contributed by atoms with E-state index in [2.05, 4.69) is 0 Å². The van der Waals surface area contributed by atoms with E-state index < -0.39 is 0 Å². The van der Waals surface area contributed by atoms with Crippen molar-refractivity contribution in [1.29, 1.82) is 5.26 Å². The highest BCUT2D eigenvalue weighted by molar-refractivity contribution is 5.41. The Morgan fingerprint density at radius 1 is 1.21 bits per heavy atom. The quantitative estimate of drug-likeness (QED) is 0.914. The first-order valence-corrected chi connectivity index (χ1v) is 5.83. The molecule has 2 N–H and O–H groups in total. The number of rotatable bonds is 3. The van der Waals surface area contributed by atoms with Crippen molar-refractivity contribution < 1.29 is 9.13 Å². The van der Waals surface area contributed by atoms with E-state index in [1.54, 1.807) is 37.3 Å². The van der Waals surface area contributed by atoms with Crippen LogP contribution in [0.1, 0.15) is 24.1 Å². The molecule has 1 atom stereocenters. The Labute approximate surface area is 111 Å². The Morgan fingerprint density at radius 3 is 2.47 bits per heavy atom. The molecule has 0 saturated heterocycles. The molecule has 0 amide bonds. The van der Waals surface area contributed by atoms with Gasteiger partial charge in [-0.1, -0.05) is 0 Å². The van der Waals surface area contributed by atoms with E-state index in [4.69, 9.17) is 15.7 Å². The smallest absolute Gasteiger partial charge is 0.132 e. The molecule has 19 heavy (non-hydrogen) atoms. The van der Waals surface area contributed by atoms with Gasteiger partial charge in [-0.3, -0.25) is 0 Å². The third-order valence-corrected chi connectivity index (χ3v) is 2.67. The molecule has 96 valence electrons. The molecule has 4 heteroatoms. The highest BCUT2D eigenvalue weighted by atomic mass is 19.1. The minimum atomic E-state index is -0.348. The van der Waals surface area contributed by atoms with Crippen LogP contribution in [0, 0.1) is 17.1 Å². The third-order valence-electron chi connectivity index (χ3n) is 2.67. The predicted molar refractivity (Wildman–Crippen MR) is 70.2 cm³/mol. The molecule has 0 aliphatic carbocycles. The van der Waals surface area contributed by atoms with Gasteiger partial charge in [-0.2, -0.15) is 5.26 Å². The van der Waals surface area contributed by atoms with Crippen molar-refractivity contribution in [1.82, 2.24) is 0 Å². The van der Waals surface area contributed by atoms with Gasteiger partial charge in [0.15, 0.2) is 0 Å². The van der Waals surface area contributed by atoms with Gasteiger partial charge in [-0.05, 0) is 49.4 Å². The number of nitriles is 1. The van der Waals surface area contributed by atoms with Gasteiger partial charge in [0.1, 0.15) is 17.3 Å². The summed E-state index contributed by atoms with van der Waals surface area (Å²) in [6.45, 7) is 1.76. The SMILES string of the molecule is CC(N)c1cc(F)ccc1Oc1ccc(C#N)cc1. The van der Waals surface area contributed by atoms with Crippen LogP contribution in [0.15, 0.2) is 42.5 Å². The van der Waals surface area contributed by atoms with Crippen molar-refractivity contribution in [2.24, 2.45) is 5.73 Å². The zero-order valence-electron chi connectivity index (χ0n) is 10.4. The van der Waals surface area contributed by atoms with E-state index in [0.29, 0.717) is 22.6 Å². The minimum absolute atomic E-state index is 0.330. The van der Waals surface area contributed by atoms with E-state index in [9.17, 15) is 4.39 Å². The zero-order chi connectivity index (χ0) is 13.8. The van der Waals surface area contributed by atoms with Crippen molar-refractivity contribution >= 4 is 0 Å². The zero-order valence-corrected chi connectivity index (χ0v) is 10.4. The van der Waals surface area contributed by atoms with Crippen LogP contribution >= 0.6 is 0 Å². The Morgan fingerprint density at radius 2 is 1.89 bits per heavy atom. The number of hydrogen-bond acceptors (Lipinski definition) is 3. The van der Waals surface area contributed by atoms with E-state index in [1.165, 1.54) is 12.1 Å². The average molecular weight is 256 g/mol. The molecule has 2 aromatic carbocycles. The first-order valence-electron chi connectivity index (χ1n) is 5.83. The molecule has 0 aromatic heterocycles. The molecule has 0 aliphatic rings. The number of halogens is 1. The molecule has 2 aromatic rings. The summed E-state index contributed by atoms with van der Waals surface area (Å²) in [5.41, 5.74) is 6.95. The summed E-state index contributed by atoms with van der Waals surface area (Å²) < 4.78 is 18.9. The van der Waals surface area contributed by atoms with Crippen molar-refractivity contribution in [2.75, 3.05) is 0 Å². The molecule has 3 nitrogen and oxygen atoms in total. The van der Waals surface area contributed by atoms with Crippen LogP contribution in [0.5, 0.6) is 11.5 Å². The lowest BCUT2D eigenvalue weighted by Crippen LogP contribution is -2.07. The molecule has 1 unspecified atom stereocenters. The molecule has 0 bridgehead atoms. The fourth-order valence-corrected chi connectivity index (χ4v) is 1.69. The van der Waals surface area contributed by atoms with E-state index in [-0.39, 0.29) is 11.9 Å². The first kappa shape index (κ1) is 13.1. The van der Waals surface area contributed by atoms with Gasteiger partial charge in [0.25, 0.3) is 0 Å². The van der Waals surface area contributed by atoms with E-state index >= 15 is 0 Å². The standard InChI is InChI=1S/C15H13FN2O/c1-10(18)14-8-12(16)4-7-15(14)19-13-5-2-11(9-17)3-6-13/h2-8,10H,18H2,1H3. The Balaban J connectivity index is 2.30. The molecule has 0 fully saturated rings. The second-order valence-corrected chi connectivity index (χ2v) is 4.21. The second kappa shape index (κ2) is 5.51. The summed E-state index contributed by atoms with van der Waals surface area (Å²) in [5, 5.41) is 8.72. The normalized spacial score (nSPS) is 11.7. The number of benzene rings is 2.